The first-order valence-electron chi connectivity index (χ1n) is 6.50. The molecule has 0 amide bonds. The van der Waals surface area contributed by atoms with Gasteiger partial charge in [0.1, 0.15) is 5.75 Å². The van der Waals surface area contributed by atoms with Crippen LogP contribution in [0.3, 0.4) is 0 Å². The number of aryl methyl sites for hydroxylation is 1. The van der Waals surface area contributed by atoms with Crippen molar-refractivity contribution in [2.45, 2.75) is 31.9 Å². The molecule has 1 unspecified atom stereocenters. The van der Waals surface area contributed by atoms with Gasteiger partial charge in [-0.2, -0.15) is 0 Å². The second kappa shape index (κ2) is 5.27. The van der Waals surface area contributed by atoms with Crippen LogP contribution in [0.4, 0.5) is 0 Å². The number of aromatic nitrogens is 2. The van der Waals surface area contributed by atoms with E-state index in [1.807, 2.05) is 26.1 Å². The Hall–Kier alpha value is -1.46. The highest BCUT2D eigenvalue weighted by Gasteiger charge is 2.24. The fraction of sp³-hybridized carbons (Fsp3) is 0.429. The van der Waals surface area contributed by atoms with Gasteiger partial charge in [-0.1, -0.05) is 16.6 Å². The maximum Gasteiger partial charge on any atom is 0.120 e. The zero-order valence-corrected chi connectivity index (χ0v) is 11.9. The summed E-state index contributed by atoms with van der Waals surface area (Å²) in [7, 11) is 1.96. The van der Waals surface area contributed by atoms with Crippen molar-refractivity contribution >= 4 is 11.5 Å². The fourth-order valence-corrected chi connectivity index (χ4v) is 2.88. The molecule has 19 heavy (non-hydrogen) atoms. The third kappa shape index (κ3) is 2.77. The average molecular weight is 275 g/mol. The summed E-state index contributed by atoms with van der Waals surface area (Å²) in [5.41, 5.74) is 2.17. The maximum absolute atomic E-state index is 5.85. The molecule has 5 heteroatoms. The lowest BCUT2D eigenvalue weighted by Crippen LogP contribution is -2.17. The van der Waals surface area contributed by atoms with Gasteiger partial charge in [-0.3, -0.25) is 0 Å². The van der Waals surface area contributed by atoms with Gasteiger partial charge in [-0.25, -0.2) is 0 Å². The van der Waals surface area contributed by atoms with Crippen molar-refractivity contribution in [2.24, 2.45) is 0 Å². The molecule has 0 spiro atoms. The van der Waals surface area contributed by atoms with Crippen molar-refractivity contribution in [1.29, 1.82) is 0 Å². The molecule has 3 rings (SSSR count). The second-order valence-electron chi connectivity index (χ2n) is 4.83. The molecule has 1 aromatic carbocycles. The van der Waals surface area contributed by atoms with Crippen LogP contribution in [0.2, 0.25) is 0 Å². The zero-order chi connectivity index (χ0) is 13.2. The molecule has 0 aliphatic heterocycles. The van der Waals surface area contributed by atoms with E-state index in [0.29, 0.717) is 6.10 Å². The number of benzene rings is 1. The van der Waals surface area contributed by atoms with Gasteiger partial charge < -0.3 is 10.1 Å². The molecular formula is C14H17N3OS. The van der Waals surface area contributed by atoms with Crippen molar-refractivity contribution in [3.05, 3.63) is 40.4 Å². The lowest BCUT2D eigenvalue weighted by molar-refractivity contribution is 0.302. The molecule has 1 atom stereocenters. The largest absolute Gasteiger partial charge is 0.490 e. The van der Waals surface area contributed by atoms with Crippen LogP contribution in [0.15, 0.2) is 24.3 Å². The molecule has 1 aliphatic rings. The molecule has 0 radical (unpaired) electrons. The Morgan fingerprint density at radius 3 is 2.89 bits per heavy atom. The number of rotatable bonds is 5. The Balaban J connectivity index is 1.88. The van der Waals surface area contributed by atoms with Crippen molar-refractivity contribution in [3.63, 3.8) is 0 Å². The van der Waals surface area contributed by atoms with Crippen molar-refractivity contribution in [1.82, 2.24) is 14.9 Å². The maximum atomic E-state index is 5.85. The van der Waals surface area contributed by atoms with Gasteiger partial charge >= 0.3 is 0 Å². The monoisotopic (exact) mass is 275 g/mol. The van der Waals surface area contributed by atoms with E-state index in [4.69, 9.17) is 4.74 Å². The van der Waals surface area contributed by atoms with Crippen molar-refractivity contribution in [2.75, 3.05) is 7.05 Å². The molecule has 0 saturated heterocycles. The number of nitrogens with zero attached hydrogens (tertiary/aromatic N) is 2. The van der Waals surface area contributed by atoms with Gasteiger partial charge in [0.15, 0.2) is 0 Å². The van der Waals surface area contributed by atoms with Crippen LogP contribution in [0.1, 0.15) is 35.0 Å². The Bertz CT molecular complexity index is 565. The topological polar surface area (TPSA) is 47.0 Å². The van der Waals surface area contributed by atoms with Crippen LogP contribution in [0.25, 0.3) is 0 Å². The normalized spacial score (nSPS) is 16.3. The van der Waals surface area contributed by atoms with E-state index in [2.05, 4.69) is 27.0 Å². The highest BCUT2D eigenvalue weighted by atomic mass is 32.1. The highest BCUT2D eigenvalue weighted by molar-refractivity contribution is 7.05. The van der Waals surface area contributed by atoms with Gasteiger partial charge in [-0.05, 0) is 56.0 Å². The third-order valence-electron chi connectivity index (χ3n) is 3.26. The SMILES string of the molecule is CNC(c1cccc(OC2CC2)c1)c1snnc1C. The minimum absolute atomic E-state index is 0.128. The lowest BCUT2D eigenvalue weighted by Gasteiger charge is -2.16. The van der Waals surface area contributed by atoms with Crippen LogP contribution in [0, 0.1) is 6.92 Å². The van der Waals surface area contributed by atoms with Gasteiger partial charge in [0.25, 0.3) is 0 Å². The quantitative estimate of drug-likeness (QED) is 0.911. The summed E-state index contributed by atoms with van der Waals surface area (Å²) in [5, 5.41) is 7.42. The van der Waals surface area contributed by atoms with Crippen molar-refractivity contribution in [3.8, 4) is 5.75 Å². The van der Waals surface area contributed by atoms with Gasteiger partial charge in [0.2, 0.25) is 0 Å². The molecule has 1 heterocycles. The smallest absolute Gasteiger partial charge is 0.120 e. The lowest BCUT2D eigenvalue weighted by atomic mass is 10.0. The van der Waals surface area contributed by atoms with Gasteiger partial charge in [-0.15, -0.1) is 5.10 Å². The number of ether oxygens (including phenoxy) is 1. The summed E-state index contributed by atoms with van der Waals surface area (Å²) in [6.07, 6.45) is 2.78. The Kier molecular flexibility index (Phi) is 3.48. The van der Waals surface area contributed by atoms with E-state index in [1.54, 1.807) is 0 Å². The summed E-state index contributed by atoms with van der Waals surface area (Å²) in [4.78, 5) is 1.16. The minimum Gasteiger partial charge on any atom is -0.490 e. The summed E-state index contributed by atoms with van der Waals surface area (Å²) < 4.78 is 9.87. The van der Waals surface area contributed by atoms with Crippen LogP contribution in [-0.4, -0.2) is 22.7 Å². The summed E-state index contributed by atoms with van der Waals surface area (Å²) in [6, 6.07) is 8.41. The molecule has 1 fully saturated rings. The predicted molar refractivity (Wildman–Crippen MR) is 75.6 cm³/mol. The summed E-state index contributed by atoms with van der Waals surface area (Å²) in [5.74, 6) is 0.954. The van der Waals surface area contributed by atoms with E-state index >= 15 is 0 Å². The average Bonchev–Trinajstić information content (AvgIpc) is 3.13. The van der Waals surface area contributed by atoms with Crippen LogP contribution in [0.5, 0.6) is 5.75 Å². The zero-order valence-electron chi connectivity index (χ0n) is 11.1. The first-order chi connectivity index (χ1) is 9.28. The van der Waals surface area contributed by atoms with Gasteiger partial charge in [0, 0.05) is 0 Å². The molecule has 4 nitrogen and oxygen atoms in total. The van der Waals surface area contributed by atoms with E-state index < -0.39 is 0 Å². The van der Waals surface area contributed by atoms with Crippen LogP contribution >= 0.6 is 11.5 Å². The molecule has 2 aromatic rings. The van der Waals surface area contributed by atoms with Crippen LogP contribution < -0.4 is 10.1 Å². The Morgan fingerprint density at radius 2 is 2.26 bits per heavy atom. The molecular weight excluding hydrogens is 258 g/mol. The summed E-state index contributed by atoms with van der Waals surface area (Å²) in [6.45, 7) is 1.99. The van der Waals surface area contributed by atoms with E-state index in [-0.39, 0.29) is 6.04 Å². The number of hydrogen-bond donors (Lipinski definition) is 1. The number of hydrogen-bond acceptors (Lipinski definition) is 5. The highest BCUT2D eigenvalue weighted by Crippen LogP contribution is 2.31. The van der Waals surface area contributed by atoms with Crippen LogP contribution in [-0.2, 0) is 0 Å². The predicted octanol–water partition coefficient (Wildman–Crippen LogP) is 2.70. The molecule has 1 N–H and O–H groups in total. The first-order valence-corrected chi connectivity index (χ1v) is 7.28. The molecule has 100 valence electrons. The minimum atomic E-state index is 0.128. The third-order valence-corrected chi connectivity index (χ3v) is 4.15. The van der Waals surface area contributed by atoms with Crippen molar-refractivity contribution < 1.29 is 4.74 Å². The van der Waals surface area contributed by atoms with E-state index in [1.165, 1.54) is 29.9 Å². The Labute approximate surface area is 117 Å². The molecule has 1 saturated carbocycles. The van der Waals surface area contributed by atoms with E-state index in [9.17, 15) is 0 Å². The second-order valence-corrected chi connectivity index (χ2v) is 5.62. The number of nitrogens with one attached hydrogen (secondary N) is 1. The molecule has 1 aromatic heterocycles. The molecule has 1 aliphatic carbocycles. The molecule has 0 bridgehead atoms. The first kappa shape index (κ1) is 12.6. The standard InChI is InChI=1S/C14H17N3OS/c1-9-14(19-17-16-9)13(15-2)10-4-3-5-12(8-10)18-11-6-7-11/h3-5,8,11,13,15H,6-7H2,1-2H3. The van der Waals surface area contributed by atoms with E-state index in [0.717, 1.165) is 16.3 Å². The van der Waals surface area contributed by atoms with Gasteiger partial charge in [0.05, 0.1) is 22.7 Å². The Morgan fingerprint density at radius 1 is 1.42 bits per heavy atom. The summed E-state index contributed by atoms with van der Waals surface area (Å²) >= 11 is 1.44. The fourth-order valence-electron chi connectivity index (χ4n) is 2.10.